The van der Waals surface area contributed by atoms with Gasteiger partial charge < -0.3 is 5.11 Å². The highest BCUT2D eigenvalue weighted by atomic mass is 16.3. The molecule has 0 aliphatic carbocycles. The van der Waals surface area contributed by atoms with Crippen molar-refractivity contribution in [2.45, 2.75) is 38.8 Å². The van der Waals surface area contributed by atoms with Crippen molar-refractivity contribution in [1.29, 1.82) is 0 Å². The van der Waals surface area contributed by atoms with E-state index in [1.54, 1.807) is 0 Å². The van der Waals surface area contributed by atoms with Crippen LogP contribution in [-0.2, 0) is 0 Å². The van der Waals surface area contributed by atoms with Crippen molar-refractivity contribution in [1.82, 2.24) is 4.90 Å². The van der Waals surface area contributed by atoms with Crippen molar-refractivity contribution in [3.63, 3.8) is 0 Å². The van der Waals surface area contributed by atoms with Crippen molar-refractivity contribution in [3.8, 4) is 0 Å². The van der Waals surface area contributed by atoms with Crippen molar-refractivity contribution in [3.05, 3.63) is 6.92 Å². The lowest BCUT2D eigenvalue weighted by Crippen LogP contribution is -2.29. The zero-order valence-electron chi connectivity index (χ0n) is 7.71. The Morgan fingerprint density at radius 3 is 2.45 bits per heavy atom. The molecule has 0 aromatic heterocycles. The topological polar surface area (TPSA) is 23.5 Å². The summed E-state index contributed by atoms with van der Waals surface area (Å²) in [5, 5.41) is 8.99. The third-order valence-electron chi connectivity index (χ3n) is 1.87. The molecular formula is C9H20NO. The summed E-state index contributed by atoms with van der Waals surface area (Å²) in [5.41, 5.74) is 0. The van der Waals surface area contributed by atoms with Gasteiger partial charge >= 0.3 is 0 Å². The molecule has 0 bridgehead atoms. The molecule has 2 heteroatoms. The van der Waals surface area contributed by atoms with Crippen LogP contribution in [0, 0.1) is 6.92 Å². The van der Waals surface area contributed by atoms with E-state index in [0.717, 1.165) is 13.0 Å². The molecular weight excluding hydrogens is 138 g/mol. The van der Waals surface area contributed by atoms with E-state index in [4.69, 9.17) is 5.11 Å². The summed E-state index contributed by atoms with van der Waals surface area (Å²) < 4.78 is 0. The van der Waals surface area contributed by atoms with Gasteiger partial charge in [0, 0.05) is 6.54 Å². The molecule has 0 heterocycles. The Kier molecular flexibility index (Phi) is 6.57. The van der Waals surface area contributed by atoms with E-state index < -0.39 is 6.23 Å². The van der Waals surface area contributed by atoms with Gasteiger partial charge in [-0.3, -0.25) is 4.90 Å². The Morgan fingerprint density at radius 1 is 1.36 bits per heavy atom. The lowest BCUT2D eigenvalue weighted by molar-refractivity contribution is 0.0592. The van der Waals surface area contributed by atoms with Gasteiger partial charge in [-0.05, 0) is 20.4 Å². The van der Waals surface area contributed by atoms with Gasteiger partial charge in [0.15, 0.2) is 0 Å². The Hall–Kier alpha value is -0.0800. The molecule has 0 amide bonds. The lowest BCUT2D eigenvalue weighted by Gasteiger charge is -2.19. The monoisotopic (exact) mass is 158 g/mol. The van der Waals surface area contributed by atoms with Crippen LogP contribution in [0.5, 0.6) is 0 Å². The second-order valence-electron chi connectivity index (χ2n) is 3.02. The number of aliphatic hydroxyl groups excluding tert-OH is 1. The summed E-state index contributed by atoms with van der Waals surface area (Å²) in [7, 11) is 1.89. The molecule has 0 spiro atoms. The number of hydrogen-bond donors (Lipinski definition) is 1. The summed E-state index contributed by atoms with van der Waals surface area (Å²) in [5.74, 6) is 0. The fourth-order valence-corrected chi connectivity index (χ4v) is 0.937. The predicted octanol–water partition coefficient (Wildman–Crippen LogP) is 1.65. The molecule has 0 saturated carbocycles. The van der Waals surface area contributed by atoms with E-state index in [1.165, 1.54) is 19.3 Å². The van der Waals surface area contributed by atoms with Crippen molar-refractivity contribution in [2.75, 3.05) is 13.6 Å². The molecule has 0 rings (SSSR count). The highest BCUT2D eigenvalue weighted by Crippen LogP contribution is 2.01. The van der Waals surface area contributed by atoms with Crippen LogP contribution in [0.15, 0.2) is 0 Å². The normalized spacial score (nSPS) is 13.9. The molecule has 0 fully saturated rings. The molecule has 1 radical (unpaired) electrons. The second-order valence-corrected chi connectivity index (χ2v) is 3.02. The summed E-state index contributed by atoms with van der Waals surface area (Å²) in [6.07, 6.45) is 4.43. The fraction of sp³-hybridized carbons (Fsp3) is 0.889. The zero-order valence-corrected chi connectivity index (χ0v) is 7.71. The second kappa shape index (κ2) is 6.62. The van der Waals surface area contributed by atoms with Crippen molar-refractivity contribution in [2.24, 2.45) is 0 Å². The van der Waals surface area contributed by atoms with Crippen LogP contribution in [0.1, 0.15) is 32.6 Å². The Labute approximate surface area is 70.2 Å². The number of hydrogen-bond acceptors (Lipinski definition) is 2. The van der Waals surface area contributed by atoms with Crippen molar-refractivity contribution >= 4 is 0 Å². The highest BCUT2D eigenvalue weighted by Gasteiger charge is 2.02. The summed E-state index contributed by atoms with van der Waals surface area (Å²) >= 11 is 0. The number of rotatable bonds is 6. The van der Waals surface area contributed by atoms with E-state index in [2.05, 4.69) is 13.8 Å². The first-order chi connectivity index (χ1) is 5.18. The first kappa shape index (κ1) is 10.9. The van der Waals surface area contributed by atoms with E-state index in [9.17, 15) is 0 Å². The van der Waals surface area contributed by atoms with E-state index in [-0.39, 0.29) is 0 Å². The van der Waals surface area contributed by atoms with Crippen LogP contribution < -0.4 is 0 Å². The van der Waals surface area contributed by atoms with Crippen LogP contribution >= 0.6 is 0 Å². The van der Waals surface area contributed by atoms with Crippen LogP contribution in [0.25, 0.3) is 0 Å². The van der Waals surface area contributed by atoms with Gasteiger partial charge in [-0.25, -0.2) is 0 Å². The van der Waals surface area contributed by atoms with Crippen LogP contribution in [-0.4, -0.2) is 29.8 Å². The smallest absolute Gasteiger partial charge is 0.107 e. The third-order valence-corrected chi connectivity index (χ3v) is 1.87. The van der Waals surface area contributed by atoms with E-state index >= 15 is 0 Å². The third kappa shape index (κ3) is 6.32. The van der Waals surface area contributed by atoms with E-state index in [0.29, 0.717) is 0 Å². The molecule has 0 aromatic rings. The molecule has 1 N–H and O–H groups in total. The Balaban J connectivity index is 3.10. The van der Waals surface area contributed by atoms with E-state index in [1.807, 2.05) is 11.9 Å². The van der Waals surface area contributed by atoms with Gasteiger partial charge in [0.2, 0.25) is 0 Å². The molecule has 2 nitrogen and oxygen atoms in total. The molecule has 1 unspecified atom stereocenters. The summed E-state index contributed by atoms with van der Waals surface area (Å²) in [6, 6.07) is 0. The van der Waals surface area contributed by atoms with Gasteiger partial charge in [0.1, 0.15) is 6.23 Å². The summed E-state index contributed by atoms with van der Waals surface area (Å²) in [6.45, 7) is 6.66. The molecule has 0 saturated heterocycles. The fourth-order valence-electron chi connectivity index (χ4n) is 0.937. The number of nitrogens with zero attached hydrogens (tertiary/aromatic N) is 1. The molecule has 1 atom stereocenters. The van der Waals surface area contributed by atoms with Gasteiger partial charge in [0.05, 0.1) is 0 Å². The van der Waals surface area contributed by atoms with Gasteiger partial charge in [-0.1, -0.05) is 26.2 Å². The largest absolute Gasteiger partial charge is 0.378 e. The maximum atomic E-state index is 8.99. The Bertz CT molecular complexity index is 83.6. The first-order valence-corrected chi connectivity index (χ1v) is 4.40. The molecule has 0 aromatic carbocycles. The molecule has 0 aliphatic heterocycles. The zero-order chi connectivity index (χ0) is 8.69. The SMILES string of the molecule is [CH2]C(O)N(C)CCCCCC. The van der Waals surface area contributed by atoms with Gasteiger partial charge in [0.25, 0.3) is 0 Å². The summed E-state index contributed by atoms with van der Waals surface area (Å²) in [4.78, 5) is 1.86. The minimum atomic E-state index is -0.545. The average molecular weight is 158 g/mol. The van der Waals surface area contributed by atoms with Gasteiger partial charge in [-0.15, -0.1) is 0 Å². The molecule has 67 valence electrons. The van der Waals surface area contributed by atoms with Gasteiger partial charge in [-0.2, -0.15) is 0 Å². The maximum absolute atomic E-state index is 8.99. The molecule has 11 heavy (non-hydrogen) atoms. The number of unbranched alkanes of at least 4 members (excludes halogenated alkanes) is 3. The average Bonchev–Trinajstić information content (AvgIpc) is 1.97. The minimum Gasteiger partial charge on any atom is -0.378 e. The van der Waals surface area contributed by atoms with Crippen LogP contribution in [0.3, 0.4) is 0 Å². The lowest BCUT2D eigenvalue weighted by atomic mass is 10.2. The highest BCUT2D eigenvalue weighted by molar-refractivity contribution is 4.57. The Morgan fingerprint density at radius 2 is 2.00 bits per heavy atom. The van der Waals surface area contributed by atoms with Crippen molar-refractivity contribution < 1.29 is 5.11 Å². The molecule has 0 aliphatic rings. The quantitative estimate of drug-likeness (QED) is 0.469. The minimum absolute atomic E-state index is 0.545. The standard InChI is InChI=1S/C9H20NO/c1-4-5-6-7-8-10(3)9(2)11/h9,11H,2,4-8H2,1,3H3. The van der Waals surface area contributed by atoms with Crippen LogP contribution in [0.4, 0.5) is 0 Å². The first-order valence-electron chi connectivity index (χ1n) is 4.40. The maximum Gasteiger partial charge on any atom is 0.107 e. The number of aliphatic hydroxyl groups is 1. The predicted molar refractivity (Wildman–Crippen MR) is 48.1 cm³/mol. The van der Waals surface area contributed by atoms with Crippen LogP contribution in [0.2, 0.25) is 0 Å².